The van der Waals surface area contributed by atoms with Gasteiger partial charge >= 0.3 is 5.91 Å². The third-order valence-electron chi connectivity index (χ3n) is 5.74. The molecule has 8 nitrogen and oxygen atoms in total. The molecule has 1 N–H and O–H groups in total. The second-order valence-corrected chi connectivity index (χ2v) is 9.46. The number of anilines is 1. The molecular weight excluding hydrogens is 492 g/mol. The maximum Gasteiger partial charge on any atom is 0.301 e. The topological polar surface area (TPSA) is 106 Å². The predicted molar refractivity (Wildman–Crippen MR) is 131 cm³/mol. The normalized spacial score (nSPS) is 18.7. The Balaban J connectivity index is 1.70. The van der Waals surface area contributed by atoms with Crippen LogP contribution in [-0.4, -0.2) is 40.8 Å². The summed E-state index contributed by atoms with van der Waals surface area (Å²) in [6, 6.07) is 10.5. The van der Waals surface area contributed by atoms with Gasteiger partial charge in [-0.1, -0.05) is 35.1 Å². The van der Waals surface area contributed by atoms with E-state index in [1.165, 1.54) is 11.8 Å². The Labute approximate surface area is 209 Å². The number of halogens is 1. The van der Waals surface area contributed by atoms with Gasteiger partial charge in [0, 0.05) is 17.5 Å². The molecule has 3 aromatic rings. The Morgan fingerprint density at radius 3 is 2.57 bits per heavy atom. The number of hydrogen-bond donors (Lipinski definition) is 1. The van der Waals surface area contributed by atoms with Crippen molar-refractivity contribution in [2.24, 2.45) is 0 Å². The summed E-state index contributed by atoms with van der Waals surface area (Å²) in [4.78, 5) is 44.6. The van der Waals surface area contributed by atoms with E-state index in [1.807, 2.05) is 0 Å². The van der Waals surface area contributed by atoms with Crippen LogP contribution in [-0.2, 0) is 9.59 Å². The maximum absolute atomic E-state index is 13.3. The van der Waals surface area contributed by atoms with E-state index in [2.05, 4.69) is 4.98 Å². The van der Waals surface area contributed by atoms with Crippen molar-refractivity contribution in [3.05, 3.63) is 74.8 Å². The summed E-state index contributed by atoms with van der Waals surface area (Å²) in [5.74, 6) is -1.35. The van der Waals surface area contributed by atoms with Gasteiger partial charge in [-0.3, -0.25) is 19.3 Å². The second-order valence-electron chi connectivity index (χ2n) is 8.05. The minimum absolute atomic E-state index is 0.119. The van der Waals surface area contributed by atoms with Gasteiger partial charge in [0.05, 0.1) is 22.2 Å². The first-order valence-electron chi connectivity index (χ1n) is 10.7. The number of rotatable bonds is 4. The Morgan fingerprint density at radius 2 is 1.89 bits per heavy atom. The number of thiazole rings is 1. The van der Waals surface area contributed by atoms with Crippen LogP contribution in [0.4, 0.5) is 5.13 Å². The summed E-state index contributed by atoms with van der Waals surface area (Å²) in [6.45, 7) is 3.84. The van der Waals surface area contributed by atoms with Crippen molar-refractivity contribution in [1.29, 1.82) is 0 Å². The molecule has 0 saturated carbocycles. The van der Waals surface area contributed by atoms with Gasteiger partial charge in [-0.25, -0.2) is 4.98 Å². The molecule has 2 aliphatic rings. The Bertz CT molecular complexity index is 1430. The van der Waals surface area contributed by atoms with Crippen molar-refractivity contribution in [2.45, 2.75) is 19.9 Å². The van der Waals surface area contributed by atoms with Crippen LogP contribution in [0.25, 0.3) is 5.76 Å². The highest BCUT2D eigenvalue weighted by Gasteiger charge is 2.48. The highest BCUT2D eigenvalue weighted by molar-refractivity contribution is 7.18. The minimum atomic E-state index is -1.01. The van der Waals surface area contributed by atoms with Crippen LogP contribution < -0.4 is 14.4 Å². The lowest BCUT2D eigenvalue weighted by Gasteiger charge is -2.23. The molecule has 178 valence electrons. The zero-order chi connectivity index (χ0) is 24.9. The summed E-state index contributed by atoms with van der Waals surface area (Å²) >= 11 is 7.25. The van der Waals surface area contributed by atoms with E-state index in [4.69, 9.17) is 21.1 Å². The maximum atomic E-state index is 13.3. The highest BCUT2D eigenvalue weighted by Crippen LogP contribution is 2.45. The van der Waals surface area contributed by atoms with Crippen LogP contribution in [0.1, 0.15) is 39.5 Å². The number of aliphatic hydroxyl groups is 1. The van der Waals surface area contributed by atoms with Gasteiger partial charge in [0.2, 0.25) is 0 Å². The van der Waals surface area contributed by atoms with Crippen LogP contribution in [0.15, 0.2) is 48.0 Å². The lowest BCUT2D eigenvalue weighted by molar-refractivity contribution is -0.132. The van der Waals surface area contributed by atoms with Crippen molar-refractivity contribution in [3.63, 3.8) is 0 Å². The first kappa shape index (κ1) is 23.1. The first-order chi connectivity index (χ1) is 16.8. The van der Waals surface area contributed by atoms with Crippen LogP contribution in [0.5, 0.6) is 11.5 Å². The number of benzene rings is 2. The molecule has 0 radical (unpaired) electrons. The number of carbonyl (C=O) groups excluding carboxylic acids is 3. The predicted octanol–water partition coefficient (Wildman–Crippen LogP) is 4.71. The van der Waals surface area contributed by atoms with Gasteiger partial charge in [-0.05, 0) is 42.8 Å². The molecule has 1 unspecified atom stereocenters. The quantitative estimate of drug-likeness (QED) is 0.234. The largest absolute Gasteiger partial charge is 0.507 e. The van der Waals surface area contributed by atoms with Gasteiger partial charge in [0.15, 0.2) is 22.4 Å². The van der Waals surface area contributed by atoms with Gasteiger partial charge in [-0.15, -0.1) is 0 Å². The summed E-state index contributed by atoms with van der Waals surface area (Å²) in [5.41, 5.74) is 1.13. The van der Waals surface area contributed by atoms with Gasteiger partial charge < -0.3 is 14.6 Å². The van der Waals surface area contributed by atoms with Crippen LogP contribution in [0.2, 0.25) is 5.02 Å². The molecule has 1 fully saturated rings. The number of hydrogen-bond acceptors (Lipinski definition) is 8. The minimum Gasteiger partial charge on any atom is -0.507 e. The fourth-order valence-electron chi connectivity index (χ4n) is 4.18. The van der Waals surface area contributed by atoms with Crippen LogP contribution >= 0.6 is 22.9 Å². The van der Waals surface area contributed by atoms with Crippen molar-refractivity contribution >= 4 is 51.3 Å². The van der Waals surface area contributed by atoms with E-state index in [0.717, 1.165) is 11.3 Å². The lowest BCUT2D eigenvalue weighted by atomic mass is 9.95. The Morgan fingerprint density at radius 1 is 1.14 bits per heavy atom. The average molecular weight is 511 g/mol. The van der Waals surface area contributed by atoms with Crippen molar-refractivity contribution in [2.75, 3.05) is 18.1 Å². The summed E-state index contributed by atoms with van der Waals surface area (Å²) in [5, 5.41) is 11.9. The molecule has 1 saturated heterocycles. The van der Waals surface area contributed by atoms with E-state index < -0.39 is 17.7 Å². The molecule has 0 aliphatic carbocycles. The standard InChI is InChI=1S/C25H19ClN2O6S/c1-12-23(13(2)29)35-25(27-12)28-20(14-4-3-5-16(26)10-14)19(22(31)24(28)32)21(30)15-6-7-17-18(11-15)34-9-8-33-17/h3-7,10-11,20,30H,8-9H2,1-2H3/b21-19-. The summed E-state index contributed by atoms with van der Waals surface area (Å²) in [6.07, 6.45) is 0. The number of aliphatic hydroxyl groups excluding tert-OH is 1. The van der Waals surface area contributed by atoms with E-state index >= 15 is 0 Å². The molecule has 0 spiro atoms. The molecule has 1 atom stereocenters. The smallest absolute Gasteiger partial charge is 0.301 e. The zero-order valence-corrected chi connectivity index (χ0v) is 20.3. The van der Waals surface area contributed by atoms with E-state index in [-0.39, 0.29) is 22.2 Å². The number of aromatic nitrogens is 1. The lowest BCUT2D eigenvalue weighted by Crippen LogP contribution is -2.29. The van der Waals surface area contributed by atoms with Crippen molar-refractivity contribution < 1.29 is 29.0 Å². The van der Waals surface area contributed by atoms with Crippen LogP contribution in [0, 0.1) is 6.92 Å². The van der Waals surface area contributed by atoms with Gasteiger partial charge in [0.1, 0.15) is 19.0 Å². The number of ketones is 2. The fraction of sp³-hybridized carbons (Fsp3) is 0.200. The molecule has 0 bridgehead atoms. The zero-order valence-electron chi connectivity index (χ0n) is 18.7. The number of amides is 1. The van der Waals surface area contributed by atoms with E-state index in [1.54, 1.807) is 49.4 Å². The monoisotopic (exact) mass is 510 g/mol. The first-order valence-corrected chi connectivity index (χ1v) is 11.9. The number of fused-ring (bicyclic) bond motifs is 1. The van der Waals surface area contributed by atoms with Crippen molar-refractivity contribution in [1.82, 2.24) is 4.98 Å². The van der Waals surface area contributed by atoms with E-state index in [0.29, 0.717) is 51.4 Å². The summed E-state index contributed by atoms with van der Waals surface area (Å²) < 4.78 is 11.1. The molecule has 2 aromatic carbocycles. The summed E-state index contributed by atoms with van der Waals surface area (Å²) in [7, 11) is 0. The Hall–Kier alpha value is -3.69. The number of aryl methyl sites for hydroxylation is 1. The number of Topliss-reactive ketones (excluding diaryl/α,β-unsaturated/α-hetero) is 2. The molecule has 1 amide bonds. The van der Waals surface area contributed by atoms with Gasteiger partial charge in [0.25, 0.3) is 5.78 Å². The number of ether oxygens (including phenoxy) is 2. The van der Waals surface area contributed by atoms with E-state index in [9.17, 15) is 19.5 Å². The third-order valence-corrected chi connectivity index (χ3v) is 7.23. The molecule has 35 heavy (non-hydrogen) atoms. The average Bonchev–Trinajstić information content (AvgIpc) is 3.35. The third kappa shape index (κ3) is 3.96. The SMILES string of the molecule is CC(=O)c1sc(N2C(=O)C(=O)/C(=C(\O)c3ccc4c(c3)OCCO4)C2c2cccc(Cl)c2)nc1C. The Kier molecular flexibility index (Phi) is 5.82. The van der Waals surface area contributed by atoms with Crippen molar-refractivity contribution in [3.8, 4) is 11.5 Å². The molecule has 3 heterocycles. The number of carbonyl (C=O) groups is 3. The second kappa shape index (κ2) is 8.83. The van der Waals surface area contributed by atoms with Gasteiger partial charge in [-0.2, -0.15) is 0 Å². The number of nitrogens with zero attached hydrogens (tertiary/aromatic N) is 2. The molecule has 1 aromatic heterocycles. The highest BCUT2D eigenvalue weighted by atomic mass is 35.5. The molecule has 5 rings (SSSR count). The van der Waals surface area contributed by atoms with Crippen LogP contribution in [0.3, 0.4) is 0 Å². The molecule has 10 heteroatoms. The molecule has 2 aliphatic heterocycles. The fourth-order valence-corrected chi connectivity index (χ4v) is 5.37. The molecular formula is C25H19ClN2O6S.